The van der Waals surface area contributed by atoms with E-state index >= 15 is 0 Å². The van der Waals surface area contributed by atoms with Crippen LogP contribution < -0.4 is 4.74 Å². The molecule has 0 bridgehead atoms. The number of aromatic hydroxyl groups is 1. The van der Waals surface area contributed by atoms with Crippen molar-refractivity contribution in [3.63, 3.8) is 0 Å². The summed E-state index contributed by atoms with van der Waals surface area (Å²) in [7, 11) is -3.17. The highest BCUT2D eigenvalue weighted by Crippen LogP contribution is 2.58. The van der Waals surface area contributed by atoms with E-state index in [2.05, 4.69) is 62.3 Å². The van der Waals surface area contributed by atoms with Gasteiger partial charge in [-0.15, -0.1) is 0 Å². The molecule has 1 atom stereocenters. The van der Waals surface area contributed by atoms with Gasteiger partial charge < -0.3 is 9.84 Å². The fourth-order valence-corrected chi connectivity index (χ4v) is 7.64. The summed E-state index contributed by atoms with van der Waals surface area (Å²) in [6, 6.07) is 0. The van der Waals surface area contributed by atoms with Crippen LogP contribution >= 0.6 is 0 Å². The zero-order valence-corrected chi connectivity index (χ0v) is 23.1. The van der Waals surface area contributed by atoms with Gasteiger partial charge in [0.2, 0.25) is 0 Å². The van der Waals surface area contributed by atoms with Crippen molar-refractivity contribution in [2.24, 2.45) is 22.2 Å². The Kier molecular flexibility index (Phi) is 8.57. The predicted octanol–water partition coefficient (Wildman–Crippen LogP) is 7.14. The Labute approximate surface area is 196 Å². The molecule has 0 aromatic heterocycles. The third-order valence-corrected chi connectivity index (χ3v) is 7.34. The molecular weight excluding hydrogens is 424 g/mol. The molecule has 2 N–H and O–H groups in total. The average Bonchev–Trinajstić information content (AvgIpc) is 2.53. The Balaban J connectivity index is 4.26. The van der Waals surface area contributed by atoms with Gasteiger partial charge in [-0.3, -0.25) is 4.55 Å². The van der Waals surface area contributed by atoms with Crippen molar-refractivity contribution in [1.82, 2.24) is 0 Å². The fraction of sp³-hybridized carbons (Fsp3) is 0.769. The van der Waals surface area contributed by atoms with Gasteiger partial charge in [0.25, 0.3) is 10.1 Å². The first-order valence-electron chi connectivity index (χ1n) is 11.6. The van der Waals surface area contributed by atoms with Crippen molar-refractivity contribution in [3.05, 3.63) is 16.7 Å². The summed E-state index contributed by atoms with van der Waals surface area (Å²) in [5.41, 5.74) is 0.665. The van der Waals surface area contributed by atoms with Crippen LogP contribution in [-0.2, 0) is 16.5 Å². The van der Waals surface area contributed by atoms with E-state index in [0.29, 0.717) is 29.0 Å². The maximum atomic E-state index is 12.8. The van der Waals surface area contributed by atoms with Crippen LogP contribution in [0, 0.1) is 29.1 Å². The number of phenols is 1. The smallest absolute Gasteiger partial charge is 0.295 e. The Hall–Kier alpha value is -1.27. The van der Waals surface area contributed by atoms with Crippen LogP contribution in [-0.4, -0.2) is 25.2 Å². The quantitative estimate of drug-likeness (QED) is 0.375. The van der Waals surface area contributed by atoms with Gasteiger partial charge in [-0.25, -0.2) is 0 Å². The monoisotopic (exact) mass is 470 g/mol. The molecule has 0 aliphatic heterocycles. The highest BCUT2D eigenvalue weighted by Gasteiger charge is 2.47. The number of hydrogen-bond acceptors (Lipinski definition) is 4. The molecule has 1 aromatic rings. The summed E-state index contributed by atoms with van der Waals surface area (Å²) < 4.78 is 41.6. The molecule has 0 saturated heterocycles. The standard InChI is InChI=1S/C26H46O5S/c1-13-18-21(31-12)20(27)17(4)19(22(18)32(28,29)30)23(25(8,9)14-16(2)3)26(10,11)15-24(5,6)7/h16,23,27H,13-15H2,1-12H3,(H,28,29,30). The van der Waals surface area contributed by atoms with E-state index in [0.717, 1.165) is 12.8 Å². The number of rotatable bonds is 9. The molecule has 0 heterocycles. The van der Waals surface area contributed by atoms with Crippen LogP contribution in [0.4, 0.5) is 0 Å². The average molecular weight is 471 g/mol. The molecule has 1 rings (SSSR count). The first-order valence-corrected chi connectivity index (χ1v) is 13.0. The molecule has 0 aliphatic carbocycles. The van der Waals surface area contributed by atoms with Crippen molar-refractivity contribution >= 4 is 10.1 Å². The predicted molar refractivity (Wildman–Crippen MR) is 132 cm³/mol. The Morgan fingerprint density at radius 3 is 1.84 bits per heavy atom. The lowest BCUT2D eigenvalue weighted by Crippen LogP contribution is -2.39. The Morgan fingerprint density at radius 1 is 1.00 bits per heavy atom. The van der Waals surface area contributed by atoms with Gasteiger partial charge in [-0.1, -0.05) is 69.2 Å². The normalized spacial score (nSPS) is 14.7. The van der Waals surface area contributed by atoms with Crippen molar-refractivity contribution < 1.29 is 22.8 Å². The topological polar surface area (TPSA) is 83.8 Å². The SMILES string of the molecule is CCc1c(OC)c(O)c(C)c(C(C(C)(C)CC(C)C)C(C)(C)CC(C)(C)C)c1S(=O)(=O)O. The molecule has 186 valence electrons. The van der Waals surface area contributed by atoms with Crippen LogP contribution in [0.25, 0.3) is 0 Å². The second-order valence-corrected chi connectivity index (χ2v) is 13.7. The largest absolute Gasteiger partial charge is 0.504 e. The second kappa shape index (κ2) is 9.54. The van der Waals surface area contributed by atoms with E-state index in [1.165, 1.54) is 7.11 Å². The lowest BCUT2D eigenvalue weighted by molar-refractivity contribution is 0.0765. The van der Waals surface area contributed by atoms with Crippen molar-refractivity contribution in [2.45, 2.75) is 106 Å². The third kappa shape index (κ3) is 6.19. The fourth-order valence-electron chi connectivity index (χ4n) is 6.54. The highest BCUT2D eigenvalue weighted by molar-refractivity contribution is 7.86. The maximum absolute atomic E-state index is 12.8. The van der Waals surface area contributed by atoms with Gasteiger partial charge >= 0.3 is 0 Å². The minimum atomic E-state index is -4.58. The minimum absolute atomic E-state index is 0.00389. The zero-order valence-electron chi connectivity index (χ0n) is 22.3. The molecule has 0 aliphatic rings. The van der Waals surface area contributed by atoms with Gasteiger partial charge in [0, 0.05) is 5.56 Å². The molecule has 1 aromatic carbocycles. The number of methoxy groups -OCH3 is 1. The molecule has 5 nitrogen and oxygen atoms in total. The highest BCUT2D eigenvalue weighted by atomic mass is 32.2. The molecule has 0 spiro atoms. The lowest BCUT2D eigenvalue weighted by Gasteiger charge is -2.49. The van der Waals surface area contributed by atoms with Gasteiger partial charge in [0.1, 0.15) is 4.90 Å². The van der Waals surface area contributed by atoms with Crippen LogP contribution in [0.2, 0.25) is 0 Å². The van der Waals surface area contributed by atoms with Crippen molar-refractivity contribution in [2.75, 3.05) is 7.11 Å². The molecule has 32 heavy (non-hydrogen) atoms. The molecule has 0 amide bonds. The third-order valence-electron chi connectivity index (χ3n) is 6.35. The molecular formula is C26H46O5S. The second-order valence-electron chi connectivity index (χ2n) is 12.3. The number of phenolic OH excluding ortho intramolecular Hbond substituents is 1. The lowest BCUT2D eigenvalue weighted by atomic mass is 9.56. The minimum Gasteiger partial charge on any atom is -0.504 e. The number of hydrogen-bond donors (Lipinski definition) is 2. The summed E-state index contributed by atoms with van der Waals surface area (Å²) in [5, 5.41) is 11.1. The molecule has 1 unspecified atom stereocenters. The molecule has 0 radical (unpaired) electrons. The Bertz CT molecular complexity index is 919. The van der Waals surface area contributed by atoms with E-state index in [4.69, 9.17) is 4.74 Å². The van der Waals surface area contributed by atoms with Crippen LogP contribution in [0.15, 0.2) is 4.90 Å². The summed E-state index contributed by atoms with van der Waals surface area (Å²) in [6.07, 6.45) is 2.00. The molecule has 6 heteroatoms. The first kappa shape index (κ1) is 28.8. The Morgan fingerprint density at radius 2 is 1.50 bits per heavy atom. The van der Waals surface area contributed by atoms with E-state index in [1.807, 2.05) is 0 Å². The molecule has 0 fully saturated rings. The van der Waals surface area contributed by atoms with Gasteiger partial charge in [0.15, 0.2) is 11.5 Å². The number of benzene rings is 1. The van der Waals surface area contributed by atoms with Gasteiger partial charge in [-0.2, -0.15) is 8.42 Å². The van der Waals surface area contributed by atoms with Crippen molar-refractivity contribution in [1.29, 1.82) is 0 Å². The number of ether oxygens (including phenoxy) is 1. The zero-order chi connectivity index (χ0) is 25.4. The van der Waals surface area contributed by atoms with Gasteiger partial charge in [-0.05, 0) is 65.4 Å². The van der Waals surface area contributed by atoms with E-state index in [9.17, 15) is 18.1 Å². The summed E-state index contributed by atoms with van der Waals surface area (Å²) in [5.74, 6) is 0.222. The van der Waals surface area contributed by atoms with E-state index < -0.39 is 10.1 Å². The van der Waals surface area contributed by atoms with Crippen LogP contribution in [0.5, 0.6) is 11.5 Å². The van der Waals surface area contributed by atoms with Crippen LogP contribution in [0.1, 0.15) is 105 Å². The summed E-state index contributed by atoms with van der Waals surface area (Å²) in [6.45, 7) is 23.1. The van der Waals surface area contributed by atoms with Gasteiger partial charge in [0.05, 0.1) is 7.11 Å². The first-order chi connectivity index (χ1) is 14.2. The van der Waals surface area contributed by atoms with Crippen LogP contribution in [0.3, 0.4) is 0 Å². The summed E-state index contributed by atoms with van der Waals surface area (Å²) in [4.78, 5) is -0.101. The van der Waals surface area contributed by atoms with E-state index in [-0.39, 0.29) is 38.6 Å². The summed E-state index contributed by atoms with van der Waals surface area (Å²) >= 11 is 0. The maximum Gasteiger partial charge on any atom is 0.295 e. The van der Waals surface area contributed by atoms with Crippen molar-refractivity contribution in [3.8, 4) is 11.5 Å². The molecule has 0 saturated carbocycles. The van der Waals surface area contributed by atoms with E-state index in [1.54, 1.807) is 13.8 Å².